The zero-order valence-electron chi connectivity index (χ0n) is 19.1. The molecule has 1 fully saturated rings. The number of nitrogens with one attached hydrogen (secondary N) is 1. The van der Waals surface area contributed by atoms with Crippen molar-refractivity contribution in [2.75, 3.05) is 33.4 Å². The van der Waals surface area contributed by atoms with Crippen molar-refractivity contribution in [3.63, 3.8) is 0 Å². The lowest BCUT2D eigenvalue weighted by Crippen LogP contribution is -2.37. The number of aliphatic hydroxyl groups is 1. The fourth-order valence-electron chi connectivity index (χ4n) is 4.09. The van der Waals surface area contributed by atoms with Gasteiger partial charge in [-0.05, 0) is 50.6 Å². The Morgan fingerprint density at radius 1 is 1.10 bits per heavy atom. The second-order valence-corrected chi connectivity index (χ2v) is 8.25. The quantitative estimate of drug-likeness (QED) is 0.570. The van der Waals surface area contributed by atoms with Crippen LogP contribution in [-0.4, -0.2) is 59.0 Å². The molecule has 2 aromatic rings. The van der Waals surface area contributed by atoms with Gasteiger partial charge in [0.2, 0.25) is 0 Å². The van der Waals surface area contributed by atoms with Crippen LogP contribution in [0.2, 0.25) is 0 Å². The summed E-state index contributed by atoms with van der Waals surface area (Å²) in [6, 6.07) is 5.94. The van der Waals surface area contributed by atoms with Gasteiger partial charge >= 0.3 is 0 Å². The van der Waals surface area contributed by atoms with Gasteiger partial charge in [0.1, 0.15) is 18.5 Å². The molecule has 0 spiro atoms. The summed E-state index contributed by atoms with van der Waals surface area (Å²) < 4.78 is 13.6. The number of aliphatic hydroxyl groups excluding tert-OH is 1. The molecule has 1 aliphatic rings. The lowest BCUT2D eigenvalue weighted by molar-refractivity contribution is 0.0644. The van der Waals surface area contributed by atoms with E-state index in [0.717, 1.165) is 31.0 Å². The number of imidazole rings is 1. The highest BCUT2D eigenvalue weighted by Gasteiger charge is 2.15. The Hall–Kier alpha value is -2.09. The van der Waals surface area contributed by atoms with E-state index in [9.17, 15) is 5.11 Å². The van der Waals surface area contributed by atoms with E-state index in [0.29, 0.717) is 31.1 Å². The van der Waals surface area contributed by atoms with E-state index in [1.165, 1.54) is 32.1 Å². The van der Waals surface area contributed by atoms with Gasteiger partial charge in [0.25, 0.3) is 0 Å². The van der Waals surface area contributed by atoms with Crippen LogP contribution >= 0.6 is 0 Å². The highest BCUT2D eigenvalue weighted by molar-refractivity contribution is 5.43. The molecule has 7 heteroatoms. The number of aryl methyl sites for hydroxylation is 1. The van der Waals surface area contributed by atoms with Crippen LogP contribution in [0.3, 0.4) is 0 Å². The first-order chi connectivity index (χ1) is 15.2. The minimum absolute atomic E-state index is 0.262. The molecular formula is C24H38N4O3. The van der Waals surface area contributed by atoms with E-state index in [1.807, 2.05) is 30.6 Å². The monoisotopic (exact) mass is 430 g/mol. The van der Waals surface area contributed by atoms with Crippen LogP contribution in [-0.2, 0) is 19.6 Å². The average molecular weight is 431 g/mol. The van der Waals surface area contributed by atoms with E-state index >= 15 is 0 Å². The van der Waals surface area contributed by atoms with Crippen LogP contribution in [0.5, 0.6) is 11.5 Å². The standard InChI is InChI=1S/C24H38N4O3/c1-3-28-14-11-26-24(28)17-25-16-20-9-10-22(30-2)23(15-20)31-19-21(29)18-27-12-7-5-4-6-8-13-27/h9-11,14-15,21,25,29H,3-8,12-13,16-19H2,1-2H3. The number of likely N-dealkylation sites (tertiary alicyclic amines) is 1. The first-order valence-electron chi connectivity index (χ1n) is 11.6. The predicted molar refractivity (Wildman–Crippen MR) is 122 cm³/mol. The molecule has 1 unspecified atom stereocenters. The maximum atomic E-state index is 10.5. The lowest BCUT2D eigenvalue weighted by atomic mass is 10.1. The van der Waals surface area contributed by atoms with Gasteiger partial charge in [-0.2, -0.15) is 0 Å². The van der Waals surface area contributed by atoms with Crippen LogP contribution in [0.15, 0.2) is 30.6 Å². The van der Waals surface area contributed by atoms with E-state index in [1.54, 1.807) is 7.11 Å². The zero-order chi connectivity index (χ0) is 21.9. The van der Waals surface area contributed by atoms with Gasteiger partial charge in [0, 0.05) is 32.0 Å². The van der Waals surface area contributed by atoms with E-state index in [2.05, 4.69) is 26.7 Å². The molecule has 1 aliphatic heterocycles. The lowest BCUT2D eigenvalue weighted by Gasteiger charge is -2.26. The molecule has 2 N–H and O–H groups in total. The fraction of sp³-hybridized carbons (Fsp3) is 0.625. The van der Waals surface area contributed by atoms with Crippen LogP contribution in [0.25, 0.3) is 0 Å². The second kappa shape index (κ2) is 12.7. The molecule has 0 radical (unpaired) electrons. The minimum Gasteiger partial charge on any atom is -0.493 e. The van der Waals surface area contributed by atoms with Gasteiger partial charge < -0.3 is 29.4 Å². The Morgan fingerprint density at radius 3 is 2.61 bits per heavy atom. The van der Waals surface area contributed by atoms with Gasteiger partial charge in [-0.15, -0.1) is 0 Å². The summed E-state index contributed by atoms with van der Waals surface area (Å²) in [5, 5.41) is 14.0. The summed E-state index contributed by atoms with van der Waals surface area (Å²) >= 11 is 0. The Bertz CT molecular complexity index is 772. The van der Waals surface area contributed by atoms with Crippen molar-refractivity contribution in [3.05, 3.63) is 42.0 Å². The van der Waals surface area contributed by atoms with Crippen LogP contribution in [0.1, 0.15) is 50.4 Å². The highest BCUT2D eigenvalue weighted by atomic mass is 16.5. The van der Waals surface area contributed by atoms with Crippen molar-refractivity contribution >= 4 is 0 Å². The molecule has 0 aliphatic carbocycles. The van der Waals surface area contributed by atoms with Gasteiger partial charge in [-0.25, -0.2) is 4.98 Å². The van der Waals surface area contributed by atoms with Crippen molar-refractivity contribution in [1.82, 2.24) is 19.8 Å². The topological polar surface area (TPSA) is 71.8 Å². The minimum atomic E-state index is -0.515. The van der Waals surface area contributed by atoms with Crippen molar-refractivity contribution in [3.8, 4) is 11.5 Å². The number of aromatic nitrogens is 2. The van der Waals surface area contributed by atoms with Gasteiger partial charge in [0.05, 0.1) is 13.7 Å². The number of methoxy groups -OCH3 is 1. The molecule has 172 valence electrons. The first-order valence-corrected chi connectivity index (χ1v) is 11.6. The molecule has 7 nitrogen and oxygen atoms in total. The first kappa shape index (κ1) is 23.6. The number of ether oxygens (including phenoxy) is 2. The third-order valence-corrected chi connectivity index (χ3v) is 5.83. The van der Waals surface area contributed by atoms with Crippen LogP contribution in [0, 0.1) is 0 Å². The molecule has 1 aromatic carbocycles. The zero-order valence-corrected chi connectivity index (χ0v) is 19.1. The van der Waals surface area contributed by atoms with Gasteiger partial charge in [-0.1, -0.05) is 25.3 Å². The molecule has 1 aromatic heterocycles. The highest BCUT2D eigenvalue weighted by Crippen LogP contribution is 2.28. The Balaban J connectivity index is 1.50. The maximum absolute atomic E-state index is 10.5. The summed E-state index contributed by atoms with van der Waals surface area (Å²) in [4.78, 5) is 6.76. The summed E-state index contributed by atoms with van der Waals surface area (Å²) in [6.07, 6.45) is 9.67. The molecule has 0 bridgehead atoms. The summed E-state index contributed by atoms with van der Waals surface area (Å²) in [5.41, 5.74) is 1.10. The smallest absolute Gasteiger partial charge is 0.161 e. The van der Waals surface area contributed by atoms with E-state index < -0.39 is 6.10 Å². The van der Waals surface area contributed by atoms with Crippen molar-refractivity contribution in [1.29, 1.82) is 0 Å². The number of rotatable bonds is 11. The number of β-amino-alcohol motifs (C(OH)–C–C–N with tert-alkyl or cyclic N) is 1. The molecule has 3 rings (SSSR count). The summed E-state index contributed by atoms with van der Waals surface area (Å²) in [6.45, 7) is 7.49. The Kier molecular flexibility index (Phi) is 9.65. The number of hydrogen-bond acceptors (Lipinski definition) is 6. The third-order valence-electron chi connectivity index (χ3n) is 5.83. The molecule has 31 heavy (non-hydrogen) atoms. The number of benzene rings is 1. The molecular weight excluding hydrogens is 392 g/mol. The molecule has 0 saturated carbocycles. The second-order valence-electron chi connectivity index (χ2n) is 8.25. The predicted octanol–water partition coefficient (Wildman–Crippen LogP) is 3.21. The molecule has 1 atom stereocenters. The maximum Gasteiger partial charge on any atom is 0.161 e. The molecule has 0 amide bonds. The Labute approximate surface area is 186 Å². The van der Waals surface area contributed by atoms with Gasteiger partial charge in [0.15, 0.2) is 11.5 Å². The fourth-order valence-corrected chi connectivity index (χ4v) is 4.09. The van der Waals surface area contributed by atoms with Crippen molar-refractivity contribution < 1.29 is 14.6 Å². The molecule has 1 saturated heterocycles. The molecule has 2 heterocycles. The number of hydrogen-bond donors (Lipinski definition) is 2. The largest absolute Gasteiger partial charge is 0.493 e. The van der Waals surface area contributed by atoms with Crippen molar-refractivity contribution in [2.45, 2.75) is 64.8 Å². The van der Waals surface area contributed by atoms with Gasteiger partial charge in [-0.3, -0.25) is 0 Å². The summed E-state index contributed by atoms with van der Waals surface area (Å²) in [5.74, 6) is 2.38. The van der Waals surface area contributed by atoms with Crippen LogP contribution < -0.4 is 14.8 Å². The van der Waals surface area contributed by atoms with E-state index in [-0.39, 0.29) is 6.61 Å². The third kappa shape index (κ3) is 7.52. The number of nitrogens with zero attached hydrogens (tertiary/aromatic N) is 3. The average Bonchev–Trinajstić information content (AvgIpc) is 3.21. The van der Waals surface area contributed by atoms with E-state index in [4.69, 9.17) is 9.47 Å². The SMILES string of the molecule is CCn1ccnc1CNCc1ccc(OC)c(OCC(O)CN2CCCCCCC2)c1. The van der Waals surface area contributed by atoms with Crippen LogP contribution in [0.4, 0.5) is 0 Å². The normalized spacial score (nSPS) is 16.5. The van der Waals surface area contributed by atoms with Crippen molar-refractivity contribution in [2.24, 2.45) is 0 Å². The Morgan fingerprint density at radius 2 is 1.87 bits per heavy atom. The summed E-state index contributed by atoms with van der Waals surface area (Å²) in [7, 11) is 1.64.